The molecule has 4 nitrogen and oxygen atoms in total. The van der Waals surface area contributed by atoms with Crippen molar-refractivity contribution in [1.82, 2.24) is 9.80 Å². The third-order valence-electron chi connectivity index (χ3n) is 5.64. The quantitative estimate of drug-likeness (QED) is 0.576. The Hall–Kier alpha value is -1.01. The van der Waals surface area contributed by atoms with Crippen LogP contribution in [0.25, 0.3) is 10.1 Å². The normalized spacial score (nSPS) is 18.7. The number of halogens is 3. The smallest absolute Gasteiger partial charge is 0.265 e. The predicted molar refractivity (Wildman–Crippen MR) is 116 cm³/mol. The fourth-order valence-corrected chi connectivity index (χ4v) is 6.44. The van der Waals surface area contributed by atoms with Crippen molar-refractivity contribution in [3.05, 3.63) is 32.1 Å². The molecule has 0 spiro atoms. The topological polar surface area (TPSA) is 40.6 Å². The molecule has 0 atom stereocenters. The van der Waals surface area contributed by atoms with Crippen LogP contribution in [0.5, 0.6) is 0 Å². The van der Waals surface area contributed by atoms with Gasteiger partial charge in [0.15, 0.2) is 0 Å². The van der Waals surface area contributed by atoms with E-state index in [2.05, 4.69) is 0 Å². The maximum Gasteiger partial charge on any atom is 0.265 e. The van der Waals surface area contributed by atoms with Gasteiger partial charge in [-0.15, -0.1) is 11.3 Å². The molecule has 2 amide bonds. The summed E-state index contributed by atoms with van der Waals surface area (Å²) in [7, 11) is 0. The molecule has 2 saturated heterocycles. The van der Waals surface area contributed by atoms with Gasteiger partial charge in [-0.1, -0.05) is 34.8 Å². The lowest BCUT2D eigenvalue weighted by Gasteiger charge is -2.35. The molecule has 0 radical (unpaired) electrons. The first-order valence-corrected chi connectivity index (χ1v) is 11.6. The molecule has 2 fully saturated rings. The van der Waals surface area contributed by atoms with Crippen LogP contribution >= 0.6 is 46.1 Å². The highest BCUT2D eigenvalue weighted by molar-refractivity contribution is 7.21. The zero-order valence-corrected chi connectivity index (χ0v) is 18.4. The summed E-state index contributed by atoms with van der Waals surface area (Å²) in [6.45, 7) is 2.89. The Bertz CT molecular complexity index is 916. The molecule has 3 heterocycles. The number of thiophene rings is 1. The maximum absolute atomic E-state index is 13.0. The van der Waals surface area contributed by atoms with Crippen molar-refractivity contribution in [1.29, 1.82) is 0 Å². The summed E-state index contributed by atoms with van der Waals surface area (Å²) < 4.78 is 0.806. The van der Waals surface area contributed by atoms with Gasteiger partial charge >= 0.3 is 0 Å². The van der Waals surface area contributed by atoms with Crippen LogP contribution in [-0.4, -0.2) is 47.8 Å². The zero-order valence-electron chi connectivity index (χ0n) is 15.3. The zero-order chi connectivity index (χ0) is 19.8. The second-order valence-corrected chi connectivity index (χ2v) is 9.73. The molecule has 0 unspecified atom stereocenters. The summed E-state index contributed by atoms with van der Waals surface area (Å²) in [6.07, 6.45) is 4.81. The molecule has 2 aromatic rings. The third-order valence-corrected chi connectivity index (χ3v) is 7.77. The van der Waals surface area contributed by atoms with Gasteiger partial charge in [0.1, 0.15) is 4.88 Å². The number of benzene rings is 1. The third kappa shape index (κ3) is 3.87. The molecule has 150 valence electrons. The van der Waals surface area contributed by atoms with Crippen molar-refractivity contribution in [2.75, 3.05) is 26.2 Å². The second kappa shape index (κ2) is 8.39. The number of rotatable bonds is 2. The summed E-state index contributed by atoms with van der Waals surface area (Å²) in [5.74, 6) is 0.184. The van der Waals surface area contributed by atoms with Crippen molar-refractivity contribution in [2.24, 2.45) is 5.92 Å². The Morgan fingerprint density at radius 2 is 1.61 bits per heavy atom. The Morgan fingerprint density at radius 3 is 2.29 bits per heavy atom. The van der Waals surface area contributed by atoms with Crippen molar-refractivity contribution < 1.29 is 9.59 Å². The van der Waals surface area contributed by atoms with Crippen molar-refractivity contribution in [2.45, 2.75) is 32.1 Å². The molecule has 1 aromatic carbocycles. The minimum absolute atomic E-state index is 0.0216. The molecule has 4 rings (SSSR count). The summed E-state index contributed by atoms with van der Waals surface area (Å²) in [5.41, 5.74) is 0. The van der Waals surface area contributed by atoms with Gasteiger partial charge in [0.25, 0.3) is 5.91 Å². The summed E-state index contributed by atoms with van der Waals surface area (Å²) in [4.78, 5) is 30.0. The van der Waals surface area contributed by atoms with Gasteiger partial charge in [0, 0.05) is 47.2 Å². The molecule has 0 N–H and O–H groups in total. The van der Waals surface area contributed by atoms with Crippen LogP contribution in [0.1, 0.15) is 41.8 Å². The van der Waals surface area contributed by atoms with E-state index < -0.39 is 0 Å². The molecule has 2 aliphatic rings. The number of piperidine rings is 2. The highest BCUT2D eigenvalue weighted by atomic mass is 35.5. The molecule has 28 heavy (non-hydrogen) atoms. The van der Waals surface area contributed by atoms with E-state index in [9.17, 15) is 9.59 Å². The molecule has 8 heteroatoms. The fraction of sp³-hybridized carbons (Fsp3) is 0.500. The minimum Gasteiger partial charge on any atom is -0.342 e. The predicted octanol–water partition coefficient (Wildman–Crippen LogP) is 5.73. The lowest BCUT2D eigenvalue weighted by Crippen LogP contribution is -2.45. The number of hydrogen-bond acceptors (Lipinski definition) is 3. The van der Waals surface area contributed by atoms with Gasteiger partial charge < -0.3 is 9.80 Å². The lowest BCUT2D eigenvalue weighted by molar-refractivity contribution is -0.137. The van der Waals surface area contributed by atoms with Crippen LogP contribution in [0.2, 0.25) is 15.1 Å². The average molecular weight is 460 g/mol. The van der Waals surface area contributed by atoms with Gasteiger partial charge in [-0.2, -0.15) is 0 Å². The summed E-state index contributed by atoms with van der Waals surface area (Å²) in [5, 5.41) is 2.04. The number of likely N-dealkylation sites (tertiary alicyclic amines) is 2. The highest BCUT2D eigenvalue weighted by Crippen LogP contribution is 2.42. The highest BCUT2D eigenvalue weighted by Gasteiger charge is 2.32. The fourth-order valence-electron chi connectivity index (χ4n) is 4.09. The van der Waals surface area contributed by atoms with E-state index in [1.807, 2.05) is 4.90 Å². The van der Waals surface area contributed by atoms with Crippen LogP contribution in [0.3, 0.4) is 0 Å². The standard InChI is InChI=1S/C20H21Cl3N2O2S/c21-13-10-14(22)16-15(11-13)28-18(17(16)23)20(27)25-8-4-12(5-9-25)19(26)24-6-2-1-3-7-24/h10-12H,1-9H2. The summed E-state index contributed by atoms with van der Waals surface area (Å²) >= 11 is 20.1. The van der Waals surface area contributed by atoms with Crippen LogP contribution < -0.4 is 0 Å². The van der Waals surface area contributed by atoms with E-state index in [4.69, 9.17) is 34.8 Å². The number of hydrogen-bond donors (Lipinski definition) is 0. The Morgan fingerprint density at radius 1 is 0.929 bits per heavy atom. The molecular weight excluding hydrogens is 439 g/mol. The molecule has 0 aliphatic carbocycles. The van der Waals surface area contributed by atoms with E-state index in [1.54, 1.807) is 17.0 Å². The average Bonchev–Trinajstić information content (AvgIpc) is 3.04. The Balaban J connectivity index is 1.46. The van der Waals surface area contributed by atoms with Gasteiger partial charge in [0.2, 0.25) is 5.91 Å². The largest absolute Gasteiger partial charge is 0.342 e. The van der Waals surface area contributed by atoms with Gasteiger partial charge in [-0.05, 0) is 44.2 Å². The van der Waals surface area contributed by atoms with Crippen LogP contribution in [-0.2, 0) is 4.79 Å². The van der Waals surface area contributed by atoms with Crippen molar-refractivity contribution in [3.63, 3.8) is 0 Å². The van der Waals surface area contributed by atoms with Crippen LogP contribution in [0, 0.1) is 5.92 Å². The number of carbonyl (C=O) groups is 2. The summed E-state index contributed by atoms with van der Waals surface area (Å²) in [6, 6.07) is 3.41. The Labute approximate surface area is 183 Å². The van der Waals surface area contributed by atoms with Crippen LogP contribution in [0.15, 0.2) is 12.1 Å². The van der Waals surface area contributed by atoms with Crippen molar-refractivity contribution >= 4 is 68.0 Å². The van der Waals surface area contributed by atoms with Crippen molar-refractivity contribution in [3.8, 4) is 0 Å². The van der Waals surface area contributed by atoms with Gasteiger partial charge in [-0.3, -0.25) is 9.59 Å². The molecule has 0 bridgehead atoms. The second-order valence-electron chi connectivity index (χ2n) is 7.46. The van der Waals surface area contributed by atoms with E-state index in [-0.39, 0.29) is 17.7 Å². The number of fused-ring (bicyclic) bond motifs is 1. The SMILES string of the molecule is O=C(c1sc2cc(Cl)cc(Cl)c2c1Cl)N1CCC(C(=O)N2CCCCC2)CC1. The molecule has 1 aromatic heterocycles. The number of nitrogens with zero attached hydrogens (tertiary/aromatic N) is 2. The molecule has 2 aliphatic heterocycles. The first-order valence-electron chi connectivity index (χ1n) is 9.61. The number of amides is 2. The molecular formula is C20H21Cl3N2O2S. The van der Waals surface area contributed by atoms with E-state index in [1.165, 1.54) is 17.8 Å². The maximum atomic E-state index is 13.0. The van der Waals surface area contributed by atoms with Gasteiger partial charge in [-0.25, -0.2) is 0 Å². The monoisotopic (exact) mass is 458 g/mol. The first kappa shape index (κ1) is 20.3. The first-order chi connectivity index (χ1) is 13.5. The number of carbonyl (C=O) groups excluding carboxylic acids is 2. The minimum atomic E-state index is -0.0951. The Kier molecular flexibility index (Phi) is 6.07. The van der Waals surface area contributed by atoms with Gasteiger partial charge in [0.05, 0.1) is 10.0 Å². The lowest BCUT2D eigenvalue weighted by atomic mass is 9.94. The van der Waals surface area contributed by atoms with E-state index >= 15 is 0 Å². The molecule has 0 saturated carbocycles. The van der Waals surface area contributed by atoms with E-state index in [0.29, 0.717) is 51.3 Å². The van der Waals surface area contributed by atoms with E-state index in [0.717, 1.165) is 30.6 Å². The van der Waals surface area contributed by atoms with Crippen LogP contribution in [0.4, 0.5) is 0 Å².